The summed E-state index contributed by atoms with van der Waals surface area (Å²) in [6.07, 6.45) is 0.619. The second kappa shape index (κ2) is 4.73. The number of carboxylic acids is 1. The van der Waals surface area contributed by atoms with Gasteiger partial charge >= 0.3 is 5.97 Å². The van der Waals surface area contributed by atoms with Crippen LogP contribution in [0.15, 0.2) is 24.3 Å². The SMILES string of the molecule is CC(C)(C#N)CCn1nc(C(=O)O)c2ccccc21. The van der Waals surface area contributed by atoms with Crippen molar-refractivity contribution in [1.82, 2.24) is 9.78 Å². The van der Waals surface area contributed by atoms with Gasteiger partial charge < -0.3 is 5.11 Å². The number of nitriles is 1. The molecule has 0 fully saturated rings. The molecule has 5 nitrogen and oxygen atoms in total. The van der Waals surface area contributed by atoms with Gasteiger partial charge in [0.05, 0.1) is 17.0 Å². The fraction of sp³-hybridized carbons (Fsp3) is 0.357. The molecule has 0 saturated carbocycles. The predicted octanol–water partition coefficient (Wildman–Crippen LogP) is 2.67. The Hall–Kier alpha value is -2.35. The number of fused-ring (bicyclic) bond motifs is 1. The van der Waals surface area contributed by atoms with Crippen LogP contribution in [0.1, 0.15) is 30.8 Å². The smallest absolute Gasteiger partial charge is 0.357 e. The van der Waals surface area contributed by atoms with Gasteiger partial charge in [0.25, 0.3) is 0 Å². The highest BCUT2D eigenvalue weighted by Crippen LogP contribution is 2.23. The number of carboxylic acid groups (broad SMARTS) is 1. The lowest BCUT2D eigenvalue weighted by Gasteiger charge is -2.14. The van der Waals surface area contributed by atoms with E-state index in [1.54, 1.807) is 16.8 Å². The van der Waals surface area contributed by atoms with Crippen molar-refractivity contribution in [2.75, 3.05) is 0 Å². The number of benzene rings is 1. The molecule has 2 rings (SSSR count). The molecular formula is C14H15N3O2. The van der Waals surface area contributed by atoms with Crippen LogP contribution in [0.25, 0.3) is 10.9 Å². The molecule has 0 aliphatic rings. The second-order valence-corrected chi connectivity index (χ2v) is 5.14. The summed E-state index contributed by atoms with van der Waals surface area (Å²) in [5.74, 6) is -1.03. The van der Waals surface area contributed by atoms with Gasteiger partial charge in [-0.05, 0) is 26.3 Å². The Kier molecular flexibility index (Phi) is 3.26. The molecular weight excluding hydrogens is 242 g/mol. The van der Waals surface area contributed by atoms with Crippen molar-refractivity contribution in [2.45, 2.75) is 26.8 Å². The number of hydrogen-bond donors (Lipinski definition) is 1. The Balaban J connectivity index is 2.39. The van der Waals surface area contributed by atoms with Crippen LogP contribution in [0.4, 0.5) is 0 Å². The Bertz CT molecular complexity index is 665. The first-order chi connectivity index (χ1) is 8.94. The monoisotopic (exact) mass is 257 g/mol. The van der Waals surface area contributed by atoms with Gasteiger partial charge in [0, 0.05) is 11.9 Å². The van der Waals surface area contributed by atoms with Gasteiger partial charge in [-0.15, -0.1) is 0 Å². The summed E-state index contributed by atoms with van der Waals surface area (Å²) in [5, 5.41) is 22.9. The highest BCUT2D eigenvalue weighted by atomic mass is 16.4. The van der Waals surface area contributed by atoms with Gasteiger partial charge in [0.1, 0.15) is 0 Å². The quantitative estimate of drug-likeness (QED) is 0.913. The number of aryl methyl sites for hydroxylation is 1. The fourth-order valence-corrected chi connectivity index (χ4v) is 1.90. The minimum atomic E-state index is -1.03. The number of nitrogens with zero attached hydrogens (tertiary/aromatic N) is 3. The van der Waals surface area contributed by atoms with Crippen molar-refractivity contribution in [1.29, 1.82) is 5.26 Å². The van der Waals surface area contributed by atoms with Crippen molar-refractivity contribution >= 4 is 16.9 Å². The largest absolute Gasteiger partial charge is 0.476 e. The van der Waals surface area contributed by atoms with E-state index in [0.29, 0.717) is 18.4 Å². The molecule has 0 saturated heterocycles. The zero-order chi connectivity index (χ0) is 14.0. The molecule has 0 aliphatic heterocycles. The normalized spacial score (nSPS) is 11.4. The Morgan fingerprint density at radius 1 is 1.47 bits per heavy atom. The molecule has 98 valence electrons. The highest BCUT2D eigenvalue weighted by Gasteiger charge is 2.20. The third-order valence-electron chi connectivity index (χ3n) is 3.11. The van der Waals surface area contributed by atoms with E-state index in [4.69, 9.17) is 10.4 Å². The van der Waals surface area contributed by atoms with Gasteiger partial charge in [0.2, 0.25) is 0 Å². The Labute approximate surface area is 111 Å². The number of aromatic nitrogens is 2. The first-order valence-electron chi connectivity index (χ1n) is 6.05. The van der Waals surface area contributed by atoms with Crippen molar-refractivity contribution in [2.24, 2.45) is 5.41 Å². The van der Waals surface area contributed by atoms with E-state index < -0.39 is 11.4 Å². The lowest BCUT2D eigenvalue weighted by atomic mass is 9.91. The van der Waals surface area contributed by atoms with Gasteiger partial charge in [0.15, 0.2) is 5.69 Å². The first kappa shape index (κ1) is 13.1. The molecule has 1 heterocycles. The molecule has 0 radical (unpaired) electrons. The van der Waals surface area contributed by atoms with Gasteiger partial charge in [-0.25, -0.2) is 4.79 Å². The van der Waals surface area contributed by atoms with E-state index in [0.717, 1.165) is 5.52 Å². The van der Waals surface area contributed by atoms with Crippen LogP contribution in [0.2, 0.25) is 0 Å². The zero-order valence-corrected chi connectivity index (χ0v) is 10.9. The minimum Gasteiger partial charge on any atom is -0.476 e. The minimum absolute atomic E-state index is 0.0605. The zero-order valence-electron chi connectivity index (χ0n) is 10.9. The number of hydrogen-bond acceptors (Lipinski definition) is 3. The molecule has 1 N–H and O–H groups in total. The standard InChI is InChI=1S/C14H15N3O2/c1-14(2,9-15)7-8-17-11-6-4-3-5-10(11)12(16-17)13(18)19/h3-6H,7-8H2,1-2H3,(H,18,19). The molecule has 2 aromatic rings. The maximum atomic E-state index is 11.2. The number of aromatic carboxylic acids is 1. The van der Waals surface area contributed by atoms with Gasteiger partial charge in [-0.1, -0.05) is 18.2 Å². The maximum absolute atomic E-state index is 11.2. The molecule has 1 aromatic carbocycles. The van der Waals surface area contributed by atoms with Crippen LogP contribution >= 0.6 is 0 Å². The van der Waals surface area contributed by atoms with Crippen molar-refractivity contribution < 1.29 is 9.90 Å². The molecule has 0 unspecified atom stereocenters. The molecule has 0 atom stereocenters. The summed E-state index contributed by atoms with van der Waals surface area (Å²) < 4.78 is 1.66. The maximum Gasteiger partial charge on any atom is 0.357 e. The van der Waals surface area contributed by atoms with Crippen LogP contribution < -0.4 is 0 Å². The molecule has 19 heavy (non-hydrogen) atoms. The van der Waals surface area contributed by atoms with Gasteiger partial charge in [-0.3, -0.25) is 4.68 Å². The third-order valence-corrected chi connectivity index (χ3v) is 3.11. The highest BCUT2D eigenvalue weighted by molar-refractivity contribution is 6.01. The summed E-state index contributed by atoms with van der Waals surface area (Å²) >= 11 is 0. The summed E-state index contributed by atoms with van der Waals surface area (Å²) in [6.45, 7) is 4.24. The fourth-order valence-electron chi connectivity index (χ4n) is 1.90. The van der Waals surface area contributed by atoms with Crippen LogP contribution in [0, 0.1) is 16.7 Å². The average Bonchev–Trinajstić information content (AvgIpc) is 2.76. The molecule has 0 aliphatic carbocycles. The van der Waals surface area contributed by atoms with E-state index in [2.05, 4.69) is 11.2 Å². The Morgan fingerprint density at radius 3 is 2.79 bits per heavy atom. The number of rotatable bonds is 4. The molecule has 5 heteroatoms. The summed E-state index contributed by atoms with van der Waals surface area (Å²) in [7, 11) is 0. The molecule has 0 bridgehead atoms. The summed E-state index contributed by atoms with van der Waals surface area (Å²) in [5.41, 5.74) is 0.398. The van der Waals surface area contributed by atoms with E-state index in [1.165, 1.54) is 0 Å². The topological polar surface area (TPSA) is 78.9 Å². The van der Waals surface area contributed by atoms with Crippen LogP contribution in [0.5, 0.6) is 0 Å². The predicted molar refractivity (Wildman–Crippen MR) is 70.7 cm³/mol. The molecule has 0 spiro atoms. The lowest BCUT2D eigenvalue weighted by Crippen LogP contribution is -2.13. The second-order valence-electron chi connectivity index (χ2n) is 5.14. The summed E-state index contributed by atoms with van der Waals surface area (Å²) in [4.78, 5) is 11.2. The van der Waals surface area contributed by atoms with E-state index in [9.17, 15) is 4.79 Å². The van der Waals surface area contributed by atoms with Crippen molar-refractivity contribution in [3.63, 3.8) is 0 Å². The van der Waals surface area contributed by atoms with Crippen LogP contribution in [-0.4, -0.2) is 20.9 Å². The van der Waals surface area contributed by atoms with E-state index >= 15 is 0 Å². The summed E-state index contributed by atoms with van der Waals surface area (Å²) in [6, 6.07) is 9.46. The van der Waals surface area contributed by atoms with Gasteiger partial charge in [-0.2, -0.15) is 10.4 Å². The molecule has 0 amide bonds. The lowest BCUT2D eigenvalue weighted by molar-refractivity contribution is 0.0691. The van der Waals surface area contributed by atoms with E-state index in [-0.39, 0.29) is 5.69 Å². The molecule has 1 aromatic heterocycles. The van der Waals surface area contributed by atoms with E-state index in [1.807, 2.05) is 26.0 Å². The first-order valence-corrected chi connectivity index (χ1v) is 6.05. The van der Waals surface area contributed by atoms with Crippen molar-refractivity contribution in [3.05, 3.63) is 30.0 Å². The third kappa shape index (κ3) is 2.58. The number of para-hydroxylation sites is 1. The average molecular weight is 257 g/mol. The number of carbonyl (C=O) groups is 1. The Morgan fingerprint density at radius 2 is 2.16 bits per heavy atom. The van der Waals surface area contributed by atoms with Crippen molar-refractivity contribution in [3.8, 4) is 6.07 Å². The van der Waals surface area contributed by atoms with Crippen LogP contribution in [-0.2, 0) is 6.54 Å². The van der Waals surface area contributed by atoms with Crippen LogP contribution in [0.3, 0.4) is 0 Å².